The van der Waals surface area contributed by atoms with Crippen molar-refractivity contribution in [3.63, 3.8) is 0 Å². The van der Waals surface area contributed by atoms with Gasteiger partial charge in [0.25, 0.3) is 0 Å². The van der Waals surface area contributed by atoms with E-state index in [1.807, 2.05) is 0 Å². The van der Waals surface area contributed by atoms with Crippen LogP contribution in [0.25, 0.3) is 0 Å². The molecule has 0 aromatic heterocycles. The monoisotopic (exact) mass is 268 g/mol. The lowest BCUT2D eigenvalue weighted by Crippen LogP contribution is -2.48. The lowest BCUT2D eigenvalue weighted by Gasteiger charge is -2.39. The van der Waals surface area contributed by atoms with Gasteiger partial charge in [-0.15, -0.1) is 0 Å². The van der Waals surface area contributed by atoms with Crippen LogP contribution in [-0.2, 0) is 4.74 Å². The summed E-state index contributed by atoms with van der Waals surface area (Å²) in [6, 6.07) is 0.554. The van der Waals surface area contributed by atoms with Gasteiger partial charge in [0.15, 0.2) is 0 Å². The minimum atomic E-state index is 0.440. The van der Waals surface area contributed by atoms with E-state index >= 15 is 0 Å². The Bertz CT molecular complexity index is 245. The highest BCUT2D eigenvalue weighted by molar-refractivity contribution is 4.84. The summed E-state index contributed by atoms with van der Waals surface area (Å²) in [6.07, 6.45) is 9.72. The first-order valence-electron chi connectivity index (χ1n) is 8.22. The molecule has 0 spiro atoms. The van der Waals surface area contributed by atoms with Gasteiger partial charge in [-0.05, 0) is 51.0 Å². The molecule has 0 radical (unpaired) electrons. The molecular weight excluding hydrogens is 236 g/mol. The van der Waals surface area contributed by atoms with Gasteiger partial charge in [0, 0.05) is 25.7 Å². The van der Waals surface area contributed by atoms with Crippen LogP contribution in [0.4, 0.5) is 0 Å². The predicted molar refractivity (Wildman–Crippen MR) is 80.2 cm³/mol. The highest BCUT2D eigenvalue weighted by Crippen LogP contribution is 2.32. The minimum Gasteiger partial charge on any atom is -0.377 e. The molecule has 0 amide bonds. The molecule has 1 heterocycles. The van der Waals surface area contributed by atoms with Gasteiger partial charge in [-0.3, -0.25) is 4.90 Å². The molecule has 112 valence electrons. The van der Waals surface area contributed by atoms with E-state index < -0.39 is 0 Å². The van der Waals surface area contributed by atoms with E-state index in [1.165, 1.54) is 44.9 Å². The van der Waals surface area contributed by atoms with Crippen molar-refractivity contribution in [2.75, 3.05) is 26.7 Å². The van der Waals surface area contributed by atoms with Crippen LogP contribution >= 0.6 is 0 Å². The zero-order valence-corrected chi connectivity index (χ0v) is 12.8. The van der Waals surface area contributed by atoms with Crippen molar-refractivity contribution in [2.45, 2.75) is 64.0 Å². The fourth-order valence-electron chi connectivity index (χ4n) is 3.81. The molecule has 0 aromatic carbocycles. The molecule has 2 fully saturated rings. The molecule has 19 heavy (non-hydrogen) atoms. The van der Waals surface area contributed by atoms with Crippen LogP contribution in [-0.4, -0.2) is 43.8 Å². The van der Waals surface area contributed by atoms with Gasteiger partial charge in [-0.1, -0.05) is 19.8 Å². The van der Waals surface area contributed by atoms with Crippen LogP contribution in [0.5, 0.6) is 0 Å². The zero-order valence-electron chi connectivity index (χ0n) is 12.8. The van der Waals surface area contributed by atoms with E-state index in [9.17, 15) is 0 Å². The number of hydrogen-bond acceptors (Lipinski definition) is 3. The number of nitrogens with two attached hydrogens (primary N) is 1. The van der Waals surface area contributed by atoms with Gasteiger partial charge in [-0.25, -0.2) is 0 Å². The first kappa shape index (κ1) is 15.3. The van der Waals surface area contributed by atoms with E-state index in [-0.39, 0.29) is 0 Å². The lowest BCUT2D eigenvalue weighted by atomic mass is 9.78. The molecule has 0 aromatic rings. The van der Waals surface area contributed by atoms with Gasteiger partial charge >= 0.3 is 0 Å². The van der Waals surface area contributed by atoms with Gasteiger partial charge in [0.1, 0.15) is 0 Å². The molecule has 2 aliphatic rings. The zero-order chi connectivity index (χ0) is 13.7. The molecule has 0 bridgehead atoms. The molecule has 3 nitrogen and oxygen atoms in total. The Morgan fingerprint density at radius 3 is 2.47 bits per heavy atom. The summed E-state index contributed by atoms with van der Waals surface area (Å²) < 4.78 is 5.87. The molecule has 2 N–H and O–H groups in total. The van der Waals surface area contributed by atoms with Crippen molar-refractivity contribution in [1.29, 1.82) is 0 Å². The Hall–Kier alpha value is -0.120. The van der Waals surface area contributed by atoms with Crippen LogP contribution in [0.3, 0.4) is 0 Å². The topological polar surface area (TPSA) is 38.5 Å². The van der Waals surface area contributed by atoms with E-state index in [0.29, 0.717) is 12.1 Å². The number of rotatable bonds is 5. The number of nitrogens with zero attached hydrogens (tertiary/aromatic N) is 1. The Balaban J connectivity index is 1.81. The summed E-state index contributed by atoms with van der Waals surface area (Å²) in [7, 11) is 2.24. The molecule has 2 unspecified atom stereocenters. The average molecular weight is 268 g/mol. The van der Waals surface area contributed by atoms with Crippen molar-refractivity contribution in [1.82, 2.24) is 4.90 Å². The van der Waals surface area contributed by atoms with Gasteiger partial charge < -0.3 is 10.5 Å². The van der Waals surface area contributed by atoms with Crippen molar-refractivity contribution in [3.05, 3.63) is 0 Å². The summed E-state index contributed by atoms with van der Waals surface area (Å²) in [6.45, 7) is 5.19. The molecule has 1 saturated carbocycles. The number of likely N-dealkylation sites (N-methyl/N-ethyl adjacent to an activating group) is 1. The number of ether oxygens (including phenoxy) is 1. The minimum absolute atomic E-state index is 0.440. The summed E-state index contributed by atoms with van der Waals surface area (Å²) >= 11 is 0. The van der Waals surface area contributed by atoms with E-state index in [1.54, 1.807) is 0 Å². The molecule has 3 heteroatoms. The molecule has 2 atom stereocenters. The first-order chi connectivity index (χ1) is 9.20. The molecule has 1 saturated heterocycles. The van der Waals surface area contributed by atoms with Crippen molar-refractivity contribution < 1.29 is 4.74 Å². The summed E-state index contributed by atoms with van der Waals surface area (Å²) in [5, 5.41) is 0. The second-order valence-electron chi connectivity index (χ2n) is 6.75. The standard InChI is InChI=1S/C16H32N2O/c1-13-6-8-14(9-7-13)16(11-17)18(2)12-15-5-3-4-10-19-15/h13-16H,3-12,17H2,1-2H3. The normalized spacial score (nSPS) is 34.4. The van der Waals surface area contributed by atoms with Crippen LogP contribution in [0.15, 0.2) is 0 Å². The fraction of sp³-hybridized carbons (Fsp3) is 1.00. The third kappa shape index (κ3) is 4.44. The maximum atomic E-state index is 6.06. The first-order valence-corrected chi connectivity index (χ1v) is 8.22. The Morgan fingerprint density at radius 2 is 1.89 bits per heavy atom. The number of hydrogen-bond donors (Lipinski definition) is 1. The largest absolute Gasteiger partial charge is 0.377 e. The van der Waals surface area contributed by atoms with Crippen LogP contribution in [0, 0.1) is 11.8 Å². The molecule has 1 aliphatic carbocycles. The molecular formula is C16H32N2O. The Morgan fingerprint density at radius 1 is 1.16 bits per heavy atom. The van der Waals surface area contributed by atoms with Crippen LogP contribution in [0.1, 0.15) is 51.9 Å². The van der Waals surface area contributed by atoms with E-state index in [4.69, 9.17) is 10.5 Å². The highest BCUT2D eigenvalue weighted by Gasteiger charge is 2.29. The van der Waals surface area contributed by atoms with E-state index in [2.05, 4.69) is 18.9 Å². The van der Waals surface area contributed by atoms with Crippen LogP contribution < -0.4 is 5.73 Å². The van der Waals surface area contributed by atoms with Crippen molar-refractivity contribution in [2.24, 2.45) is 17.6 Å². The maximum Gasteiger partial charge on any atom is 0.0702 e. The predicted octanol–water partition coefficient (Wildman–Crippen LogP) is 2.64. The summed E-state index contributed by atoms with van der Waals surface area (Å²) in [5.41, 5.74) is 6.06. The lowest BCUT2D eigenvalue weighted by molar-refractivity contribution is -0.0144. The third-order valence-electron chi connectivity index (χ3n) is 5.18. The second kappa shape index (κ2) is 7.61. The van der Waals surface area contributed by atoms with Gasteiger partial charge in [-0.2, -0.15) is 0 Å². The fourth-order valence-corrected chi connectivity index (χ4v) is 3.81. The quantitative estimate of drug-likeness (QED) is 0.833. The maximum absolute atomic E-state index is 6.06. The third-order valence-corrected chi connectivity index (χ3v) is 5.18. The second-order valence-corrected chi connectivity index (χ2v) is 6.75. The summed E-state index contributed by atoms with van der Waals surface area (Å²) in [4.78, 5) is 2.48. The molecule has 2 rings (SSSR count). The van der Waals surface area contributed by atoms with Crippen LogP contribution in [0.2, 0.25) is 0 Å². The van der Waals surface area contributed by atoms with Gasteiger partial charge in [0.05, 0.1) is 6.10 Å². The summed E-state index contributed by atoms with van der Waals surface area (Å²) in [5.74, 6) is 1.72. The van der Waals surface area contributed by atoms with Crippen molar-refractivity contribution >= 4 is 0 Å². The van der Waals surface area contributed by atoms with E-state index in [0.717, 1.165) is 31.5 Å². The SMILES string of the molecule is CC1CCC(C(CN)N(C)CC2CCCCO2)CC1. The smallest absolute Gasteiger partial charge is 0.0702 e. The van der Waals surface area contributed by atoms with Crippen molar-refractivity contribution in [3.8, 4) is 0 Å². The average Bonchev–Trinajstić information content (AvgIpc) is 2.43. The van der Waals surface area contributed by atoms with Gasteiger partial charge in [0.2, 0.25) is 0 Å². The Kier molecular flexibility index (Phi) is 6.11. The Labute approximate surface area is 118 Å². The highest BCUT2D eigenvalue weighted by atomic mass is 16.5. The molecule has 1 aliphatic heterocycles.